The summed E-state index contributed by atoms with van der Waals surface area (Å²) in [5, 5.41) is 9.65. The van der Waals surface area contributed by atoms with Gasteiger partial charge in [-0.05, 0) is 37.5 Å². The Morgan fingerprint density at radius 3 is 2.86 bits per heavy atom. The Balaban J connectivity index is 2.34. The van der Waals surface area contributed by atoms with Gasteiger partial charge < -0.3 is 5.11 Å². The van der Waals surface area contributed by atoms with Crippen LogP contribution in [-0.4, -0.2) is 11.2 Å². The van der Waals surface area contributed by atoms with Gasteiger partial charge in [0.05, 0.1) is 6.10 Å². The molecule has 78 valence electrons. The third-order valence-corrected chi connectivity index (χ3v) is 4.37. The van der Waals surface area contributed by atoms with Gasteiger partial charge in [0.2, 0.25) is 0 Å². The van der Waals surface area contributed by atoms with E-state index in [1.807, 2.05) is 0 Å². The molecule has 1 saturated carbocycles. The highest BCUT2D eigenvalue weighted by Crippen LogP contribution is 2.50. The summed E-state index contributed by atoms with van der Waals surface area (Å²) in [6.45, 7) is 6.89. The molecule has 0 heterocycles. The molecule has 2 aliphatic rings. The van der Waals surface area contributed by atoms with E-state index in [1.54, 1.807) is 0 Å². The van der Waals surface area contributed by atoms with Crippen LogP contribution in [-0.2, 0) is 0 Å². The summed E-state index contributed by atoms with van der Waals surface area (Å²) in [6, 6.07) is 0. The molecular formula is C13H20O. The van der Waals surface area contributed by atoms with Crippen molar-refractivity contribution >= 4 is 0 Å². The first-order chi connectivity index (χ1) is 6.54. The number of hydrogen-bond acceptors (Lipinski definition) is 1. The Kier molecular flexibility index (Phi) is 2.30. The molecular weight excluding hydrogens is 172 g/mol. The van der Waals surface area contributed by atoms with E-state index in [2.05, 4.69) is 32.9 Å². The normalized spacial score (nSPS) is 42.6. The van der Waals surface area contributed by atoms with Gasteiger partial charge in [-0.3, -0.25) is 0 Å². The second-order valence-corrected chi connectivity index (χ2v) is 5.14. The van der Waals surface area contributed by atoms with Crippen LogP contribution < -0.4 is 0 Å². The molecule has 1 unspecified atom stereocenters. The van der Waals surface area contributed by atoms with Gasteiger partial charge in [-0.15, -0.1) is 0 Å². The van der Waals surface area contributed by atoms with Crippen LogP contribution in [0.4, 0.5) is 0 Å². The van der Waals surface area contributed by atoms with Crippen LogP contribution in [0, 0.1) is 11.3 Å². The minimum absolute atomic E-state index is 0.103. The molecule has 0 aromatic carbocycles. The Morgan fingerprint density at radius 1 is 1.43 bits per heavy atom. The summed E-state index contributed by atoms with van der Waals surface area (Å²) < 4.78 is 0. The van der Waals surface area contributed by atoms with Crippen molar-refractivity contribution in [3.63, 3.8) is 0 Å². The molecule has 0 amide bonds. The molecule has 0 aromatic rings. The SMILES string of the molecule is CC1=CC=C2C[C@@H](O)CC[C@]2(C)C1C. The molecule has 0 radical (unpaired) electrons. The first-order valence-corrected chi connectivity index (χ1v) is 5.60. The standard InChI is InChI=1S/C13H20O/c1-9-4-5-11-8-12(14)6-7-13(11,3)10(9)2/h4-5,10,12,14H,6-8H2,1-3H3/t10?,12-,13+/m0/s1. The Hall–Kier alpha value is -0.560. The van der Waals surface area contributed by atoms with Gasteiger partial charge in [0, 0.05) is 0 Å². The molecule has 1 heteroatoms. The highest BCUT2D eigenvalue weighted by molar-refractivity contribution is 5.33. The first-order valence-electron chi connectivity index (χ1n) is 5.60. The lowest BCUT2D eigenvalue weighted by Crippen LogP contribution is -2.36. The summed E-state index contributed by atoms with van der Waals surface area (Å²) in [7, 11) is 0. The van der Waals surface area contributed by atoms with Crippen LogP contribution in [0.1, 0.15) is 40.0 Å². The van der Waals surface area contributed by atoms with Crippen molar-refractivity contribution < 1.29 is 5.11 Å². The zero-order valence-corrected chi connectivity index (χ0v) is 9.38. The van der Waals surface area contributed by atoms with Crippen molar-refractivity contribution in [2.75, 3.05) is 0 Å². The average molecular weight is 192 g/mol. The molecule has 0 aromatic heterocycles. The molecule has 1 nitrogen and oxygen atoms in total. The first kappa shape index (κ1) is 9.97. The molecule has 0 aliphatic heterocycles. The van der Waals surface area contributed by atoms with Gasteiger partial charge in [0.15, 0.2) is 0 Å². The van der Waals surface area contributed by atoms with E-state index in [0.29, 0.717) is 11.3 Å². The van der Waals surface area contributed by atoms with Crippen molar-refractivity contribution in [2.24, 2.45) is 11.3 Å². The summed E-state index contributed by atoms with van der Waals surface area (Å²) in [4.78, 5) is 0. The fraction of sp³-hybridized carbons (Fsp3) is 0.692. The smallest absolute Gasteiger partial charge is 0.0578 e. The van der Waals surface area contributed by atoms with E-state index in [0.717, 1.165) is 19.3 Å². The second kappa shape index (κ2) is 3.23. The topological polar surface area (TPSA) is 20.2 Å². The molecule has 0 saturated heterocycles. The molecule has 1 fully saturated rings. The molecule has 2 rings (SSSR count). The molecule has 1 N–H and O–H groups in total. The maximum Gasteiger partial charge on any atom is 0.0578 e. The Labute approximate surface area is 86.5 Å². The maximum absolute atomic E-state index is 9.65. The largest absolute Gasteiger partial charge is 0.393 e. The maximum atomic E-state index is 9.65. The second-order valence-electron chi connectivity index (χ2n) is 5.14. The number of hydrogen-bond donors (Lipinski definition) is 1. The lowest BCUT2D eigenvalue weighted by Gasteiger charge is -2.45. The minimum Gasteiger partial charge on any atom is -0.393 e. The highest BCUT2D eigenvalue weighted by atomic mass is 16.3. The number of fused-ring (bicyclic) bond motifs is 1. The third-order valence-electron chi connectivity index (χ3n) is 4.37. The van der Waals surface area contributed by atoms with E-state index in [-0.39, 0.29) is 6.10 Å². The fourth-order valence-electron chi connectivity index (χ4n) is 2.85. The van der Waals surface area contributed by atoms with Crippen molar-refractivity contribution in [3.05, 3.63) is 23.3 Å². The van der Waals surface area contributed by atoms with E-state index in [9.17, 15) is 5.11 Å². The van der Waals surface area contributed by atoms with Crippen LogP contribution in [0.25, 0.3) is 0 Å². The number of allylic oxidation sites excluding steroid dienone is 3. The Bertz CT molecular complexity index is 300. The number of aliphatic hydroxyl groups is 1. The van der Waals surface area contributed by atoms with Crippen molar-refractivity contribution in [1.82, 2.24) is 0 Å². The monoisotopic (exact) mass is 192 g/mol. The van der Waals surface area contributed by atoms with Gasteiger partial charge >= 0.3 is 0 Å². The molecule has 14 heavy (non-hydrogen) atoms. The van der Waals surface area contributed by atoms with Gasteiger partial charge in [-0.1, -0.05) is 37.1 Å². The molecule has 0 spiro atoms. The summed E-state index contributed by atoms with van der Waals surface area (Å²) in [5.41, 5.74) is 3.25. The van der Waals surface area contributed by atoms with Crippen LogP contribution in [0.2, 0.25) is 0 Å². The van der Waals surface area contributed by atoms with E-state index < -0.39 is 0 Å². The van der Waals surface area contributed by atoms with Gasteiger partial charge in [-0.25, -0.2) is 0 Å². The third kappa shape index (κ3) is 1.35. The van der Waals surface area contributed by atoms with Crippen LogP contribution >= 0.6 is 0 Å². The van der Waals surface area contributed by atoms with Crippen LogP contribution in [0.3, 0.4) is 0 Å². The van der Waals surface area contributed by atoms with Crippen LogP contribution in [0.5, 0.6) is 0 Å². The lowest BCUT2D eigenvalue weighted by molar-refractivity contribution is 0.0938. The van der Waals surface area contributed by atoms with Crippen molar-refractivity contribution in [2.45, 2.75) is 46.1 Å². The quantitative estimate of drug-likeness (QED) is 0.625. The average Bonchev–Trinajstić information content (AvgIpc) is 2.16. The van der Waals surface area contributed by atoms with Gasteiger partial charge in [0.1, 0.15) is 0 Å². The Morgan fingerprint density at radius 2 is 2.14 bits per heavy atom. The molecule has 3 atom stereocenters. The van der Waals surface area contributed by atoms with Crippen molar-refractivity contribution in [1.29, 1.82) is 0 Å². The predicted octanol–water partition coefficient (Wildman–Crippen LogP) is 3.06. The van der Waals surface area contributed by atoms with Crippen LogP contribution in [0.15, 0.2) is 23.3 Å². The zero-order chi connectivity index (χ0) is 10.3. The lowest BCUT2D eigenvalue weighted by atomic mass is 9.60. The minimum atomic E-state index is -0.103. The fourth-order valence-corrected chi connectivity index (χ4v) is 2.85. The molecule has 2 aliphatic carbocycles. The van der Waals surface area contributed by atoms with Gasteiger partial charge in [-0.2, -0.15) is 0 Å². The summed E-state index contributed by atoms with van der Waals surface area (Å²) in [5.74, 6) is 0.634. The predicted molar refractivity (Wildman–Crippen MR) is 59.0 cm³/mol. The summed E-state index contributed by atoms with van der Waals surface area (Å²) >= 11 is 0. The number of rotatable bonds is 0. The highest BCUT2D eigenvalue weighted by Gasteiger charge is 2.40. The van der Waals surface area contributed by atoms with Crippen molar-refractivity contribution in [3.8, 4) is 0 Å². The van der Waals surface area contributed by atoms with E-state index in [4.69, 9.17) is 0 Å². The molecule has 0 bridgehead atoms. The summed E-state index contributed by atoms with van der Waals surface area (Å²) in [6.07, 6.45) is 7.33. The van der Waals surface area contributed by atoms with E-state index >= 15 is 0 Å². The van der Waals surface area contributed by atoms with Gasteiger partial charge in [0.25, 0.3) is 0 Å². The zero-order valence-electron chi connectivity index (χ0n) is 9.38. The van der Waals surface area contributed by atoms with E-state index in [1.165, 1.54) is 11.1 Å². The number of aliphatic hydroxyl groups excluding tert-OH is 1.